The van der Waals surface area contributed by atoms with Crippen molar-refractivity contribution in [3.8, 4) is 0 Å². The zero-order chi connectivity index (χ0) is 22.0. The molecule has 4 aromatic rings. The van der Waals surface area contributed by atoms with Crippen LogP contribution in [0.4, 0.5) is 10.1 Å². The van der Waals surface area contributed by atoms with Gasteiger partial charge in [0, 0.05) is 16.6 Å². The molecule has 0 amide bonds. The normalized spacial score (nSPS) is 13.0. The molecule has 1 unspecified atom stereocenters. The third-order valence-corrected chi connectivity index (χ3v) is 7.17. The number of fused-ring (bicyclic) bond motifs is 3. The summed E-state index contributed by atoms with van der Waals surface area (Å²) in [5.41, 5.74) is 3.40. The molecule has 10 heteroatoms. The SMILES string of the molecule is CCOP(=O)(OCC)C(Nc1ccc(F)cc1)c1cc2cccc(C)c2n2nnnc12. The van der Waals surface area contributed by atoms with Crippen molar-refractivity contribution >= 4 is 29.8 Å². The highest BCUT2D eigenvalue weighted by Crippen LogP contribution is 2.61. The first kappa shape index (κ1) is 21.4. The number of hydrogen-bond donors (Lipinski definition) is 1. The van der Waals surface area contributed by atoms with Crippen LogP contribution in [0.1, 0.15) is 30.8 Å². The fraction of sp³-hybridized carbons (Fsp3) is 0.286. The standard InChI is InChI=1S/C21H23FN5O3P/c1-4-29-31(28,30-5-2)21(23-17-11-9-16(22)10-12-17)18-13-15-8-6-7-14(3)19(15)27-20(18)24-25-26-27/h6-13,21,23H,4-5H2,1-3H3. The Morgan fingerprint density at radius 2 is 1.84 bits per heavy atom. The molecule has 0 aliphatic heterocycles. The monoisotopic (exact) mass is 443 g/mol. The molecule has 2 heterocycles. The molecule has 0 bridgehead atoms. The van der Waals surface area contributed by atoms with Gasteiger partial charge in [0.25, 0.3) is 0 Å². The molecule has 0 aliphatic carbocycles. The van der Waals surface area contributed by atoms with Crippen molar-refractivity contribution in [1.82, 2.24) is 20.0 Å². The molecule has 0 fully saturated rings. The van der Waals surface area contributed by atoms with Gasteiger partial charge >= 0.3 is 7.60 Å². The maximum Gasteiger partial charge on any atom is 0.357 e. The molecule has 0 radical (unpaired) electrons. The van der Waals surface area contributed by atoms with Gasteiger partial charge in [0.15, 0.2) is 11.4 Å². The van der Waals surface area contributed by atoms with Gasteiger partial charge in [-0.15, -0.1) is 5.10 Å². The predicted octanol–water partition coefficient (Wildman–Crippen LogP) is 5.10. The number of pyridine rings is 1. The van der Waals surface area contributed by atoms with Crippen LogP contribution in [-0.4, -0.2) is 33.3 Å². The summed E-state index contributed by atoms with van der Waals surface area (Å²) in [6, 6.07) is 13.5. The number of nitrogens with zero attached hydrogens (tertiary/aromatic N) is 4. The second kappa shape index (κ2) is 8.70. The molecule has 31 heavy (non-hydrogen) atoms. The van der Waals surface area contributed by atoms with Gasteiger partial charge < -0.3 is 14.4 Å². The van der Waals surface area contributed by atoms with E-state index >= 15 is 0 Å². The van der Waals surface area contributed by atoms with E-state index in [1.54, 1.807) is 30.5 Å². The minimum atomic E-state index is -3.71. The van der Waals surface area contributed by atoms with Crippen molar-refractivity contribution in [2.75, 3.05) is 18.5 Å². The molecule has 0 aliphatic rings. The topological polar surface area (TPSA) is 90.6 Å². The Morgan fingerprint density at radius 3 is 2.52 bits per heavy atom. The van der Waals surface area contributed by atoms with Crippen LogP contribution in [0.5, 0.6) is 0 Å². The number of tetrazole rings is 1. The molecular weight excluding hydrogens is 420 g/mol. The molecule has 2 aromatic heterocycles. The fourth-order valence-electron chi connectivity index (χ4n) is 3.62. The van der Waals surface area contributed by atoms with Crippen molar-refractivity contribution in [2.45, 2.75) is 26.6 Å². The second-order valence-corrected chi connectivity index (χ2v) is 9.07. The summed E-state index contributed by atoms with van der Waals surface area (Å²) < 4.78 is 40.3. The molecule has 0 spiro atoms. The Bertz CT molecular complexity index is 1250. The number of rotatable bonds is 8. The number of anilines is 1. The minimum Gasteiger partial charge on any atom is -0.368 e. The Balaban J connectivity index is 1.95. The van der Waals surface area contributed by atoms with Crippen molar-refractivity contribution in [1.29, 1.82) is 0 Å². The van der Waals surface area contributed by atoms with E-state index in [-0.39, 0.29) is 19.0 Å². The lowest BCUT2D eigenvalue weighted by Crippen LogP contribution is -2.17. The number of nitrogens with one attached hydrogen (secondary N) is 1. The number of para-hydroxylation sites is 1. The number of benzene rings is 2. The third kappa shape index (κ3) is 4.04. The lowest BCUT2D eigenvalue weighted by molar-refractivity contribution is 0.214. The average Bonchev–Trinajstić information content (AvgIpc) is 3.23. The first-order chi connectivity index (χ1) is 15.0. The summed E-state index contributed by atoms with van der Waals surface area (Å²) in [4.78, 5) is 0. The molecular formula is C21H23FN5O3P. The molecule has 1 N–H and O–H groups in total. The van der Waals surface area contributed by atoms with E-state index in [4.69, 9.17) is 9.05 Å². The number of hydrogen-bond acceptors (Lipinski definition) is 7. The van der Waals surface area contributed by atoms with Gasteiger partial charge in [-0.25, -0.2) is 4.39 Å². The van der Waals surface area contributed by atoms with Crippen LogP contribution in [0, 0.1) is 12.7 Å². The summed E-state index contributed by atoms with van der Waals surface area (Å²) in [6.07, 6.45) is 0. The van der Waals surface area contributed by atoms with Crippen molar-refractivity contribution < 1.29 is 18.0 Å². The quantitative estimate of drug-likeness (QED) is 0.379. The molecule has 0 saturated carbocycles. The lowest BCUT2D eigenvalue weighted by atomic mass is 10.1. The number of aryl methyl sites for hydroxylation is 1. The van der Waals surface area contributed by atoms with Gasteiger partial charge in [-0.05, 0) is 67.1 Å². The Labute approximate surface area is 178 Å². The maximum absolute atomic E-state index is 13.9. The van der Waals surface area contributed by atoms with E-state index < -0.39 is 13.4 Å². The van der Waals surface area contributed by atoms with Crippen LogP contribution < -0.4 is 5.32 Å². The van der Waals surface area contributed by atoms with Crippen LogP contribution in [0.3, 0.4) is 0 Å². The second-order valence-electron chi connectivity index (χ2n) is 6.96. The summed E-state index contributed by atoms with van der Waals surface area (Å²) in [5, 5.41) is 16.3. The molecule has 162 valence electrons. The predicted molar refractivity (Wildman–Crippen MR) is 117 cm³/mol. The maximum atomic E-state index is 13.9. The Kier molecular flexibility index (Phi) is 6.00. The summed E-state index contributed by atoms with van der Waals surface area (Å²) >= 11 is 0. The summed E-state index contributed by atoms with van der Waals surface area (Å²) in [5.74, 6) is -1.29. The summed E-state index contributed by atoms with van der Waals surface area (Å²) in [6.45, 7) is 5.85. The first-order valence-corrected chi connectivity index (χ1v) is 11.6. The molecule has 2 aromatic carbocycles. The van der Waals surface area contributed by atoms with Crippen LogP contribution >= 0.6 is 7.60 Å². The van der Waals surface area contributed by atoms with Gasteiger partial charge in [0.1, 0.15) is 5.82 Å². The first-order valence-electron chi connectivity index (χ1n) is 9.98. The van der Waals surface area contributed by atoms with Crippen molar-refractivity contribution in [3.05, 3.63) is 65.5 Å². The average molecular weight is 443 g/mol. The van der Waals surface area contributed by atoms with Crippen molar-refractivity contribution in [2.24, 2.45) is 0 Å². The van der Waals surface area contributed by atoms with Crippen LogP contribution in [0.15, 0.2) is 48.5 Å². The largest absolute Gasteiger partial charge is 0.368 e. The molecule has 0 saturated heterocycles. The van der Waals surface area contributed by atoms with E-state index in [9.17, 15) is 8.96 Å². The molecule has 1 atom stereocenters. The summed E-state index contributed by atoms with van der Waals surface area (Å²) in [7, 11) is -3.71. The van der Waals surface area contributed by atoms with E-state index in [1.807, 2.05) is 31.2 Å². The van der Waals surface area contributed by atoms with E-state index in [2.05, 4.69) is 20.8 Å². The van der Waals surface area contributed by atoms with Gasteiger partial charge in [0.05, 0.1) is 18.7 Å². The minimum absolute atomic E-state index is 0.187. The zero-order valence-corrected chi connectivity index (χ0v) is 18.3. The number of aromatic nitrogens is 4. The Morgan fingerprint density at radius 1 is 1.13 bits per heavy atom. The highest BCUT2D eigenvalue weighted by atomic mass is 31.2. The van der Waals surface area contributed by atoms with Gasteiger partial charge in [-0.2, -0.15) is 4.52 Å². The van der Waals surface area contributed by atoms with Crippen LogP contribution in [-0.2, 0) is 13.6 Å². The van der Waals surface area contributed by atoms with E-state index in [1.165, 1.54) is 12.1 Å². The van der Waals surface area contributed by atoms with Crippen molar-refractivity contribution in [3.63, 3.8) is 0 Å². The lowest BCUT2D eigenvalue weighted by Gasteiger charge is -2.28. The fourth-order valence-corrected chi connectivity index (χ4v) is 5.55. The van der Waals surface area contributed by atoms with Gasteiger partial charge in [0.2, 0.25) is 0 Å². The van der Waals surface area contributed by atoms with Gasteiger partial charge in [-0.1, -0.05) is 18.2 Å². The molecule has 8 nitrogen and oxygen atoms in total. The van der Waals surface area contributed by atoms with Crippen LogP contribution in [0.25, 0.3) is 16.6 Å². The Hall–Kier alpha value is -2.87. The highest BCUT2D eigenvalue weighted by Gasteiger charge is 2.39. The third-order valence-electron chi connectivity index (χ3n) is 4.90. The number of halogens is 1. The smallest absolute Gasteiger partial charge is 0.357 e. The van der Waals surface area contributed by atoms with Crippen LogP contribution in [0.2, 0.25) is 0 Å². The molecule has 4 rings (SSSR count). The highest BCUT2D eigenvalue weighted by molar-refractivity contribution is 7.54. The van der Waals surface area contributed by atoms with E-state index in [0.29, 0.717) is 16.9 Å². The zero-order valence-electron chi connectivity index (χ0n) is 17.4. The van der Waals surface area contributed by atoms with E-state index in [0.717, 1.165) is 16.5 Å². The van der Waals surface area contributed by atoms with Gasteiger partial charge in [-0.3, -0.25) is 4.57 Å².